The van der Waals surface area contributed by atoms with Gasteiger partial charge in [0.05, 0.1) is 6.61 Å². The van der Waals surface area contributed by atoms with Crippen LogP contribution in [0.3, 0.4) is 0 Å². The van der Waals surface area contributed by atoms with Crippen LogP contribution in [-0.4, -0.2) is 28.2 Å². The zero-order valence-corrected chi connectivity index (χ0v) is 11.7. The molecule has 0 aromatic carbocycles. The Bertz CT molecular complexity index is 476. The number of hydrogen-bond acceptors (Lipinski definition) is 4. The highest BCUT2D eigenvalue weighted by Gasteiger charge is 2.33. The van der Waals surface area contributed by atoms with Gasteiger partial charge in [0.25, 0.3) is 5.56 Å². The standard InChI is InChI=1S/C14H23N3O2/c1-10(2)13-16-11(7-12(19)17-13)15-8-14(9-18)5-3-4-6-14/h7,10,18H,3-6,8-9H2,1-2H3,(H2,15,16,17,19). The molecule has 19 heavy (non-hydrogen) atoms. The van der Waals surface area contributed by atoms with Gasteiger partial charge in [-0.05, 0) is 12.8 Å². The fourth-order valence-electron chi connectivity index (χ4n) is 2.63. The molecule has 0 bridgehead atoms. The number of nitrogens with zero attached hydrogens (tertiary/aromatic N) is 1. The van der Waals surface area contributed by atoms with Crippen molar-refractivity contribution in [1.82, 2.24) is 9.97 Å². The first-order valence-electron chi connectivity index (χ1n) is 7.01. The molecule has 0 radical (unpaired) electrons. The van der Waals surface area contributed by atoms with Crippen molar-refractivity contribution < 1.29 is 5.11 Å². The van der Waals surface area contributed by atoms with Gasteiger partial charge in [0.15, 0.2) is 0 Å². The molecule has 1 aliphatic rings. The Morgan fingerprint density at radius 2 is 2.16 bits per heavy atom. The van der Waals surface area contributed by atoms with Crippen molar-refractivity contribution in [3.05, 3.63) is 22.2 Å². The summed E-state index contributed by atoms with van der Waals surface area (Å²) in [4.78, 5) is 18.7. The van der Waals surface area contributed by atoms with E-state index in [1.807, 2.05) is 13.8 Å². The largest absolute Gasteiger partial charge is 0.396 e. The van der Waals surface area contributed by atoms with Gasteiger partial charge in [-0.3, -0.25) is 4.79 Å². The molecule has 1 heterocycles. The van der Waals surface area contributed by atoms with E-state index in [1.54, 1.807) is 0 Å². The fraction of sp³-hybridized carbons (Fsp3) is 0.714. The van der Waals surface area contributed by atoms with E-state index in [-0.39, 0.29) is 23.5 Å². The topological polar surface area (TPSA) is 78.0 Å². The van der Waals surface area contributed by atoms with Crippen molar-refractivity contribution in [3.8, 4) is 0 Å². The summed E-state index contributed by atoms with van der Waals surface area (Å²) in [6, 6.07) is 1.48. The highest BCUT2D eigenvalue weighted by Crippen LogP contribution is 2.37. The summed E-state index contributed by atoms with van der Waals surface area (Å²) >= 11 is 0. The number of aliphatic hydroxyl groups is 1. The first kappa shape index (κ1) is 14.1. The molecule has 0 saturated heterocycles. The zero-order valence-electron chi connectivity index (χ0n) is 11.7. The average Bonchev–Trinajstić information content (AvgIpc) is 2.85. The minimum Gasteiger partial charge on any atom is -0.396 e. The lowest BCUT2D eigenvalue weighted by atomic mass is 9.87. The average molecular weight is 265 g/mol. The predicted octanol–water partition coefficient (Wildman–Crippen LogP) is 1.86. The molecule has 5 heteroatoms. The van der Waals surface area contributed by atoms with Crippen LogP contribution in [-0.2, 0) is 0 Å². The third-order valence-electron chi connectivity index (χ3n) is 3.95. The van der Waals surface area contributed by atoms with E-state index in [0.29, 0.717) is 18.2 Å². The summed E-state index contributed by atoms with van der Waals surface area (Å²) < 4.78 is 0. The van der Waals surface area contributed by atoms with Gasteiger partial charge in [0.2, 0.25) is 0 Å². The Kier molecular flexibility index (Phi) is 4.24. The molecule has 0 amide bonds. The van der Waals surface area contributed by atoms with E-state index in [1.165, 1.54) is 18.9 Å². The molecular formula is C14H23N3O2. The maximum atomic E-state index is 11.6. The minimum absolute atomic E-state index is 0.0394. The first-order valence-corrected chi connectivity index (χ1v) is 7.01. The molecule has 1 aromatic rings. The van der Waals surface area contributed by atoms with Crippen molar-refractivity contribution in [2.45, 2.75) is 45.4 Å². The molecule has 5 nitrogen and oxygen atoms in total. The highest BCUT2D eigenvalue weighted by molar-refractivity contribution is 5.33. The Labute approximate surface area is 113 Å². The molecule has 1 fully saturated rings. The summed E-state index contributed by atoms with van der Waals surface area (Å²) in [5, 5.41) is 12.8. The lowest BCUT2D eigenvalue weighted by Gasteiger charge is -2.26. The summed E-state index contributed by atoms with van der Waals surface area (Å²) in [7, 11) is 0. The van der Waals surface area contributed by atoms with Crippen LogP contribution < -0.4 is 10.9 Å². The quantitative estimate of drug-likeness (QED) is 0.759. The first-order chi connectivity index (χ1) is 9.04. The molecule has 1 aliphatic carbocycles. The van der Waals surface area contributed by atoms with E-state index >= 15 is 0 Å². The third-order valence-corrected chi connectivity index (χ3v) is 3.95. The lowest BCUT2D eigenvalue weighted by molar-refractivity contribution is 0.142. The van der Waals surface area contributed by atoms with Crippen molar-refractivity contribution in [2.24, 2.45) is 5.41 Å². The van der Waals surface area contributed by atoms with Crippen LogP contribution in [0.1, 0.15) is 51.3 Å². The van der Waals surface area contributed by atoms with Gasteiger partial charge >= 0.3 is 0 Å². The molecular weight excluding hydrogens is 242 g/mol. The van der Waals surface area contributed by atoms with E-state index < -0.39 is 0 Å². The summed E-state index contributed by atoms with van der Waals surface area (Å²) in [6.07, 6.45) is 4.41. The Balaban J connectivity index is 2.09. The van der Waals surface area contributed by atoms with Gasteiger partial charge in [-0.2, -0.15) is 0 Å². The second kappa shape index (κ2) is 5.74. The maximum Gasteiger partial charge on any atom is 0.252 e. The number of H-pyrrole nitrogens is 1. The number of hydrogen-bond donors (Lipinski definition) is 3. The van der Waals surface area contributed by atoms with E-state index in [9.17, 15) is 9.90 Å². The van der Waals surface area contributed by atoms with Gasteiger partial charge in [-0.25, -0.2) is 4.98 Å². The second-order valence-corrected chi connectivity index (χ2v) is 5.89. The van der Waals surface area contributed by atoms with E-state index in [2.05, 4.69) is 15.3 Å². The number of rotatable bonds is 5. The summed E-state index contributed by atoms with van der Waals surface area (Å²) in [5.74, 6) is 1.49. The van der Waals surface area contributed by atoms with Crippen LogP contribution in [0.15, 0.2) is 10.9 Å². The molecule has 1 aromatic heterocycles. The molecule has 3 N–H and O–H groups in total. The fourth-order valence-corrected chi connectivity index (χ4v) is 2.63. The van der Waals surface area contributed by atoms with Gasteiger partial charge in [0.1, 0.15) is 11.6 Å². The van der Waals surface area contributed by atoms with Gasteiger partial charge in [-0.1, -0.05) is 26.7 Å². The Hall–Kier alpha value is -1.36. The van der Waals surface area contributed by atoms with Crippen molar-refractivity contribution in [1.29, 1.82) is 0 Å². The smallest absolute Gasteiger partial charge is 0.252 e. The van der Waals surface area contributed by atoms with Crippen LogP contribution in [0, 0.1) is 5.41 Å². The third kappa shape index (κ3) is 3.35. The van der Waals surface area contributed by atoms with Crippen molar-refractivity contribution >= 4 is 5.82 Å². The number of nitrogens with one attached hydrogen (secondary N) is 2. The highest BCUT2D eigenvalue weighted by atomic mass is 16.3. The SMILES string of the molecule is CC(C)c1nc(NCC2(CO)CCCC2)cc(=O)[nH]1. The molecule has 0 spiro atoms. The molecule has 0 aliphatic heterocycles. The molecule has 1 saturated carbocycles. The molecule has 2 rings (SSSR count). The van der Waals surface area contributed by atoms with Crippen LogP contribution in [0.25, 0.3) is 0 Å². The van der Waals surface area contributed by atoms with Gasteiger partial charge in [0, 0.05) is 23.9 Å². The minimum atomic E-state index is -0.134. The van der Waals surface area contributed by atoms with Crippen molar-refractivity contribution in [3.63, 3.8) is 0 Å². The van der Waals surface area contributed by atoms with Crippen LogP contribution >= 0.6 is 0 Å². The number of aromatic nitrogens is 2. The van der Waals surface area contributed by atoms with Crippen LogP contribution in [0.4, 0.5) is 5.82 Å². The lowest BCUT2D eigenvalue weighted by Crippen LogP contribution is -2.31. The Morgan fingerprint density at radius 3 is 2.74 bits per heavy atom. The van der Waals surface area contributed by atoms with Crippen molar-refractivity contribution in [2.75, 3.05) is 18.5 Å². The van der Waals surface area contributed by atoms with Gasteiger partial charge < -0.3 is 15.4 Å². The van der Waals surface area contributed by atoms with Crippen LogP contribution in [0.5, 0.6) is 0 Å². The van der Waals surface area contributed by atoms with E-state index in [4.69, 9.17) is 0 Å². The van der Waals surface area contributed by atoms with Gasteiger partial charge in [-0.15, -0.1) is 0 Å². The summed E-state index contributed by atoms with van der Waals surface area (Å²) in [5.41, 5.74) is -0.173. The zero-order chi connectivity index (χ0) is 13.9. The normalized spacial score (nSPS) is 17.9. The monoisotopic (exact) mass is 265 g/mol. The number of aliphatic hydroxyl groups excluding tert-OH is 1. The number of anilines is 1. The Morgan fingerprint density at radius 1 is 1.47 bits per heavy atom. The molecule has 0 atom stereocenters. The predicted molar refractivity (Wildman–Crippen MR) is 75.4 cm³/mol. The summed E-state index contributed by atoms with van der Waals surface area (Å²) in [6.45, 7) is 4.86. The maximum absolute atomic E-state index is 11.6. The molecule has 0 unspecified atom stereocenters. The second-order valence-electron chi connectivity index (χ2n) is 5.89. The number of aromatic amines is 1. The van der Waals surface area contributed by atoms with Crippen LogP contribution in [0.2, 0.25) is 0 Å². The van der Waals surface area contributed by atoms with E-state index in [0.717, 1.165) is 12.8 Å². The molecule has 106 valence electrons.